The van der Waals surface area contributed by atoms with Gasteiger partial charge in [-0.05, 0) is 25.0 Å². The van der Waals surface area contributed by atoms with Crippen molar-refractivity contribution in [2.75, 3.05) is 0 Å². The summed E-state index contributed by atoms with van der Waals surface area (Å²) in [6.07, 6.45) is 5.51. The lowest BCUT2D eigenvalue weighted by molar-refractivity contribution is 0.621. The summed E-state index contributed by atoms with van der Waals surface area (Å²) in [5.41, 5.74) is 2.64. The Balaban J connectivity index is 1.81. The van der Waals surface area contributed by atoms with E-state index in [1.54, 1.807) is 12.3 Å². The summed E-state index contributed by atoms with van der Waals surface area (Å²) in [7, 11) is 0. The molecule has 2 N–H and O–H groups in total. The lowest BCUT2D eigenvalue weighted by Gasteiger charge is -2.03. The number of pyridine rings is 1. The van der Waals surface area contributed by atoms with Crippen LogP contribution in [-0.2, 0) is 6.54 Å². The van der Waals surface area contributed by atoms with Crippen molar-refractivity contribution in [2.45, 2.75) is 25.4 Å². The molecule has 2 aromatic rings. The molecular weight excluding hydrogens is 219 g/mol. The van der Waals surface area contributed by atoms with Crippen LogP contribution < -0.4 is 5.32 Å². The minimum absolute atomic E-state index is 0.328. The Bertz CT molecular complexity index is 501. The molecule has 88 valence electrons. The summed E-state index contributed by atoms with van der Waals surface area (Å²) in [5, 5.41) is 10.3. The summed E-state index contributed by atoms with van der Waals surface area (Å²) in [5.74, 6) is -0.328. The predicted octanol–water partition coefficient (Wildman–Crippen LogP) is 1.86. The Hall–Kier alpha value is -1.75. The first kappa shape index (κ1) is 10.4. The van der Waals surface area contributed by atoms with Gasteiger partial charge < -0.3 is 5.32 Å². The van der Waals surface area contributed by atoms with Crippen LogP contribution in [0.4, 0.5) is 4.39 Å². The molecule has 1 fully saturated rings. The van der Waals surface area contributed by atoms with Crippen molar-refractivity contribution in [3.8, 4) is 11.4 Å². The van der Waals surface area contributed by atoms with Crippen LogP contribution in [0.5, 0.6) is 0 Å². The van der Waals surface area contributed by atoms with Crippen molar-refractivity contribution >= 4 is 0 Å². The Morgan fingerprint density at radius 3 is 2.94 bits per heavy atom. The number of halogens is 1. The number of hydrogen-bond donors (Lipinski definition) is 2. The third-order valence-electron chi connectivity index (χ3n) is 2.86. The van der Waals surface area contributed by atoms with Gasteiger partial charge in [0.15, 0.2) is 0 Å². The molecule has 0 bridgehead atoms. The molecule has 4 nitrogen and oxygen atoms in total. The van der Waals surface area contributed by atoms with Crippen LogP contribution in [-0.4, -0.2) is 21.2 Å². The minimum Gasteiger partial charge on any atom is -0.310 e. The standard InChI is InChI=1S/C12H13FN4/c13-9-1-4-11(15-7-9)12-8(6-16-17-12)5-14-10-2-3-10/h1,4,6-7,10,14H,2-3,5H2,(H,16,17). The fourth-order valence-corrected chi connectivity index (χ4v) is 1.73. The fraction of sp³-hybridized carbons (Fsp3) is 0.333. The second-order valence-corrected chi connectivity index (χ2v) is 4.29. The molecule has 3 rings (SSSR count). The van der Waals surface area contributed by atoms with E-state index < -0.39 is 0 Å². The van der Waals surface area contributed by atoms with E-state index in [-0.39, 0.29) is 5.82 Å². The molecule has 0 spiro atoms. The van der Waals surface area contributed by atoms with Gasteiger partial charge in [-0.15, -0.1) is 0 Å². The van der Waals surface area contributed by atoms with E-state index in [2.05, 4.69) is 20.5 Å². The van der Waals surface area contributed by atoms with Gasteiger partial charge in [0.1, 0.15) is 5.82 Å². The Kier molecular flexibility index (Phi) is 2.60. The molecule has 1 aliphatic rings. The smallest absolute Gasteiger partial charge is 0.141 e. The van der Waals surface area contributed by atoms with Crippen LogP contribution in [0.3, 0.4) is 0 Å². The highest BCUT2D eigenvalue weighted by Crippen LogP contribution is 2.22. The normalized spacial score (nSPS) is 15.1. The van der Waals surface area contributed by atoms with Crippen LogP contribution in [0, 0.1) is 5.82 Å². The Labute approximate surface area is 98.3 Å². The van der Waals surface area contributed by atoms with Gasteiger partial charge in [0.25, 0.3) is 0 Å². The van der Waals surface area contributed by atoms with Crippen molar-refractivity contribution in [1.29, 1.82) is 0 Å². The van der Waals surface area contributed by atoms with Crippen LogP contribution in [0.25, 0.3) is 11.4 Å². The zero-order chi connectivity index (χ0) is 11.7. The average molecular weight is 232 g/mol. The second-order valence-electron chi connectivity index (χ2n) is 4.29. The predicted molar refractivity (Wildman–Crippen MR) is 61.6 cm³/mol. The monoisotopic (exact) mass is 232 g/mol. The van der Waals surface area contributed by atoms with Crippen molar-refractivity contribution < 1.29 is 4.39 Å². The average Bonchev–Trinajstić information content (AvgIpc) is 3.06. The SMILES string of the molecule is Fc1ccc(-c2[nH]ncc2CNC2CC2)nc1. The van der Waals surface area contributed by atoms with E-state index in [0.717, 1.165) is 23.5 Å². The maximum absolute atomic E-state index is 12.8. The molecule has 0 unspecified atom stereocenters. The molecule has 0 saturated heterocycles. The number of aromatic nitrogens is 3. The molecule has 2 heterocycles. The van der Waals surface area contributed by atoms with E-state index in [4.69, 9.17) is 0 Å². The number of H-pyrrole nitrogens is 1. The van der Waals surface area contributed by atoms with Crippen molar-refractivity contribution in [1.82, 2.24) is 20.5 Å². The molecule has 0 atom stereocenters. The first-order valence-corrected chi connectivity index (χ1v) is 5.70. The third kappa shape index (κ3) is 2.34. The summed E-state index contributed by atoms with van der Waals surface area (Å²) < 4.78 is 12.8. The van der Waals surface area contributed by atoms with Gasteiger partial charge in [-0.2, -0.15) is 5.10 Å². The molecular formula is C12H13FN4. The zero-order valence-electron chi connectivity index (χ0n) is 9.28. The summed E-state index contributed by atoms with van der Waals surface area (Å²) >= 11 is 0. The third-order valence-corrected chi connectivity index (χ3v) is 2.86. The lowest BCUT2D eigenvalue weighted by atomic mass is 10.2. The summed E-state index contributed by atoms with van der Waals surface area (Å²) in [6, 6.07) is 3.71. The highest BCUT2D eigenvalue weighted by atomic mass is 19.1. The lowest BCUT2D eigenvalue weighted by Crippen LogP contribution is -2.15. The van der Waals surface area contributed by atoms with E-state index in [1.807, 2.05) is 0 Å². The van der Waals surface area contributed by atoms with E-state index >= 15 is 0 Å². The quantitative estimate of drug-likeness (QED) is 0.846. The van der Waals surface area contributed by atoms with Crippen LogP contribution in [0.15, 0.2) is 24.5 Å². The summed E-state index contributed by atoms with van der Waals surface area (Å²) in [4.78, 5) is 4.05. The van der Waals surface area contributed by atoms with Crippen LogP contribution in [0.1, 0.15) is 18.4 Å². The van der Waals surface area contributed by atoms with Crippen molar-refractivity contribution in [3.63, 3.8) is 0 Å². The van der Waals surface area contributed by atoms with Gasteiger partial charge in [-0.3, -0.25) is 10.1 Å². The first-order chi connectivity index (χ1) is 8.33. The minimum atomic E-state index is -0.328. The van der Waals surface area contributed by atoms with Gasteiger partial charge in [0.2, 0.25) is 0 Å². The molecule has 1 saturated carbocycles. The molecule has 17 heavy (non-hydrogen) atoms. The molecule has 0 aromatic carbocycles. The van der Waals surface area contributed by atoms with Crippen LogP contribution >= 0.6 is 0 Å². The Morgan fingerprint density at radius 2 is 2.24 bits per heavy atom. The zero-order valence-corrected chi connectivity index (χ0v) is 9.28. The van der Waals surface area contributed by atoms with Gasteiger partial charge in [0, 0.05) is 18.2 Å². The molecule has 1 aliphatic carbocycles. The van der Waals surface area contributed by atoms with Gasteiger partial charge in [0.05, 0.1) is 23.8 Å². The van der Waals surface area contributed by atoms with Crippen LogP contribution in [0.2, 0.25) is 0 Å². The first-order valence-electron chi connectivity index (χ1n) is 5.70. The largest absolute Gasteiger partial charge is 0.310 e. The van der Waals surface area contributed by atoms with Crippen molar-refractivity contribution in [2.24, 2.45) is 0 Å². The van der Waals surface area contributed by atoms with Gasteiger partial charge in [-0.1, -0.05) is 0 Å². The Morgan fingerprint density at radius 1 is 1.35 bits per heavy atom. The molecule has 2 aromatic heterocycles. The number of nitrogens with zero attached hydrogens (tertiary/aromatic N) is 2. The molecule has 0 amide bonds. The fourth-order valence-electron chi connectivity index (χ4n) is 1.73. The maximum Gasteiger partial charge on any atom is 0.141 e. The number of hydrogen-bond acceptors (Lipinski definition) is 3. The van der Waals surface area contributed by atoms with Crippen molar-refractivity contribution in [3.05, 3.63) is 35.9 Å². The molecule has 5 heteroatoms. The summed E-state index contributed by atoms with van der Waals surface area (Å²) in [6.45, 7) is 0.773. The highest BCUT2D eigenvalue weighted by molar-refractivity contribution is 5.57. The number of aromatic amines is 1. The number of rotatable bonds is 4. The van der Waals surface area contributed by atoms with E-state index in [9.17, 15) is 4.39 Å². The number of nitrogens with one attached hydrogen (secondary N) is 2. The maximum atomic E-state index is 12.8. The highest BCUT2D eigenvalue weighted by Gasteiger charge is 2.21. The van der Waals surface area contributed by atoms with E-state index in [0.29, 0.717) is 6.04 Å². The topological polar surface area (TPSA) is 53.6 Å². The van der Waals surface area contributed by atoms with E-state index in [1.165, 1.54) is 25.1 Å². The second kappa shape index (κ2) is 4.25. The van der Waals surface area contributed by atoms with Gasteiger partial charge in [-0.25, -0.2) is 4.39 Å². The van der Waals surface area contributed by atoms with Gasteiger partial charge >= 0.3 is 0 Å². The molecule has 0 aliphatic heterocycles. The molecule has 0 radical (unpaired) electrons.